The van der Waals surface area contributed by atoms with Crippen LogP contribution in [0.1, 0.15) is 18.5 Å². The van der Waals surface area contributed by atoms with Gasteiger partial charge in [0.1, 0.15) is 5.69 Å². The first-order chi connectivity index (χ1) is 8.66. The minimum absolute atomic E-state index is 0.190. The Balaban J connectivity index is 2.03. The molecule has 0 saturated heterocycles. The second kappa shape index (κ2) is 5.92. The number of likely N-dealkylation sites (N-methyl/N-ethyl adjacent to an activating group) is 1. The lowest BCUT2D eigenvalue weighted by Gasteiger charge is -2.22. The maximum Gasteiger partial charge on any atom is 0.253 e. The van der Waals surface area contributed by atoms with E-state index < -0.39 is 0 Å². The molecular weight excluding hydrogens is 252 g/mol. The van der Waals surface area contributed by atoms with Crippen LogP contribution in [0.25, 0.3) is 5.57 Å². The molecule has 0 spiro atoms. The first-order valence-corrected chi connectivity index (χ1v) is 6.51. The first-order valence-electron chi connectivity index (χ1n) is 5.78. The highest BCUT2D eigenvalue weighted by Gasteiger charge is 2.18. The molecule has 2 N–H and O–H groups in total. The van der Waals surface area contributed by atoms with Crippen LogP contribution in [0.3, 0.4) is 0 Å². The zero-order chi connectivity index (χ0) is 13.0. The minimum Gasteiger partial charge on any atom is -0.475 e. The maximum absolute atomic E-state index is 10.6. The number of aromatic nitrogens is 2. The van der Waals surface area contributed by atoms with Crippen molar-refractivity contribution in [3.63, 3.8) is 0 Å². The van der Waals surface area contributed by atoms with Crippen molar-refractivity contribution in [2.24, 2.45) is 5.73 Å². The van der Waals surface area contributed by atoms with Crippen molar-refractivity contribution in [3.05, 3.63) is 11.8 Å². The largest absolute Gasteiger partial charge is 0.475 e. The molecule has 2 heterocycles. The van der Waals surface area contributed by atoms with Gasteiger partial charge in [0.05, 0.1) is 24.8 Å². The molecule has 6 nitrogen and oxygen atoms in total. The second-order valence-corrected chi connectivity index (χ2v) is 4.77. The van der Waals surface area contributed by atoms with Crippen LogP contribution in [0.2, 0.25) is 0 Å². The van der Waals surface area contributed by atoms with Crippen molar-refractivity contribution in [3.8, 4) is 5.88 Å². The van der Waals surface area contributed by atoms with E-state index in [2.05, 4.69) is 26.8 Å². The third kappa shape index (κ3) is 3.27. The third-order valence-electron chi connectivity index (χ3n) is 2.69. The number of nitrogens with two attached hydrogens (primary N) is 1. The fraction of sp³-hybridized carbons (Fsp3) is 0.545. The van der Waals surface area contributed by atoms with Crippen LogP contribution >= 0.6 is 11.7 Å². The summed E-state index contributed by atoms with van der Waals surface area (Å²) in [5.74, 6) is 0.124. The summed E-state index contributed by atoms with van der Waals surface area (Å²) in [6, 6.07) is 0. The number of hydrogen-bond acceptors (Lipinski definition) is 6. The van der Waals surface area contributed by atoms with E-state index in [1.807, 2.05) is 0 Å². The third-order valence-corrected chi connectivity index (χ3v) is 3.20. The van der Waals surface area contributed by atoms with E-state index in [1.165, 1.54) is 0 Å². The number of ether oxygens (including phenoxy) is 1. The molecule has 0 saturated carbocycles. The minimum atomic E-state index is -0.378. The van der Waals surface area contributed by atoms with Gasteiger partial charge in [0.2, 0.25) is 5.91 Å². The van der Waals surface area contributed by atoms with Crippen LogP contribution in [0.15, 0.2) is 6.08 Å². The topological polar surface area (TPSA) is 81.3 Å². The summed E-state index contributed by atoms with van der Waals surface area (Å²) >= 11 is 1.12. The zero-order valence-corrected chi connectivity index (χ0v) is 11.1. The summed E-state index contributed by atoms with van der Waals surface area (Å²) in [4.78, 5) is 12.9. The van der Waals surface area contributed by atoms with Gasteiger partial charge in [-0.25, -0.2) is 0 Å². The standard InChI is InChI=1S/C11H16N4O2S/c1-15-5-2-3-8(7-15)10-11(14-18-13-10)17-6-4-9(12)16/h3H,2,4-7H2,1H3,(H2,12,16). The van der Waals surface area contributed by atoms with E-state index in [-0.39, 0.29) is 18.9 Å². The molecule has 0 radical (unpaired) electrons. The summed E-state index contributed by atoms with van der Waals surface area (Å²) in [6.07, 6.45) is 3.36. The molecule has 18 heavy (non-hydrogen) atoms. The van der Waals surface area contributed by atoms with Crippen molar-refractivity contribution >= 4 is 23.2 Å². The smallest absolute Gasteiger partial charge is 0.253 e. The van der Waals surface area contributed by atoms with Gasteiger partial charge >= 0.3 is 0 Å². The average molecular weight is 268 g/mol. The Kier molecular flexibility index (Phi) is 4.27. The van der Waals surface area contributed by atoms with Gasteiger partial charge in [0, 0.05) is 13.1 Å². The fourth-order valence-electron chi connectivity index (χ4n) is 1.78. The number of nitrogens with zero attached hydrogens (tertiary/aromatic N) is 3. The van der Waals surface area contributed by atoms with Gasteiger partial charge in [-0.05, 0) is 19.0 Å². The molecule has 1 aromatic heterocycles. The molecule has 1 aromatic rings. The molecular formula is C11H16N4O2S. The quantitative estimate of drug-likeness (QED) is 0.841. The zero-order valence-electron chi connectivity index (χ0n) is 10.3. The van der Waals surface area contributed by atoms with Crippen molar-refractivity contribution in [2.45, 2.75) is 12.8 Å². The number of primary amides is 1. The van der Waals surface area contributed by atoms with Gasteiger partial charge in [-0.3, -0.25) is 4.79 Å². The van der Waals surface area contributed by atoms with Crippen molar-refractivity contribution < 1.29 is 9.53 Å². The molecule has 0 aliphatic carbocycles. The van der Waals surface area contributed by atoms with Crippen molar-refractivity contribution in [1.82, 2.24) is 13.6 Å². The lowest BCUT2D eigenvalue weighted by atomic mass is 10.1. The molecule has 2 rings (SSSR count). The van der Waals surface area contributed by atoms with E-state index >= 15 is 0 Å². The fourth-order valence-corrected chi connectivity index (χ4v) is 2.32. The predicted octanol–water partition coefficient (Wildman–Crippen LogP) is 0.511. The number of carbonyl (C=O) groups excluding carboxylic acids is 1. The van der Waals surface area contributed by atoms with E-state index in [9.17, 15) is 4.79 Å². The monoisotopic (exact) mass is 268 g/mol. The Morgan fingerprint density at radius 3 is 3.17 bits per heavy atom. The lowest BCUT2D eigenvalue weighted by molar-refractivity contribution is -0.118. The molecule has 1 aliphatic heterocycles. The van der Waals surface area contributed by atoms with Crippen LogP contribution in [0.5, 0.6) is 5.88 Å². The molecule has 0 bridgehead atoms. The Bertz CT molecular complexity index is 458. The van der Waals surface area contributed by atoms with Crippen LogP contribution in [0.4, 0.5) is 0 Å². The number of rotatable bonds is 5. The highest BCUT2D eigenvalue weighted by Crippen LogP contribution is 2.26. The van der Waals surface area contributed by atoms with E-state index in [0.717, 1.165) is 42.5 Å². The summed E-state index contributed by atoms with van der Waals surface area (Å²) in [6.45, 7) is 2.15. The summed E-state index contributed by atoms with van der Waals surface area (Å²) < 4.78 is 13.8. The molecule has 0 unspecified atom stereocenters. The van der Waals surface area contributed by atoms with E-state index in [1.54, 1.807) is 0 Å². The van der Waals surface area contributed by atoms with Crippen LogP contribution in [-0.4, -0.2) is 46.3 Å². The Labute approximate surface area is 110 Å². The predicted molar refractivity (Wildman–Crippen MR) is 69.3 cm³/mol. The number of hydrogen-bond donors (Lipinski definition) is 1. The van der Waals surface area contributed by atoms with Gasteiger partial charge in [-0.15, -0.1) is 4.37 Å². The second-order valence-electron chi connectivity index (χ2n) is 4.24. The number of amides is 1. The molecule has 1 aliphatic rings. The summed E-state index contributed by atoms with van der Waals surface area (Å²) in [5, 5.41) is 0. The lowest BCUT2D eigenvalue weighted by Crippen LogP contribution is -2.25. The number of carbonyl (C=O) groups is 1. The van der Waals surface area contributed by atoms with Crippen LogP contribution < -0.4 is 10.5 Å². The Morgan fingerprint density at radius 1 is 1.61 bits per heavy atom. The maximum atomic E-state index is 10.6. The normalized spacial score (nSPS) is 16.4. The molecule has 1 amide bonds. The van der Waals surface area contributed by atoms with Gasteiger partial charge in [0.25, 0.3) is 5.88 Å². The molecule has 7 heteroatoms. The van der Waals surface area contributed by atoms with Gasteiger partial charge in [-0.1, -0.05) is 6.08 Å². The summed E-state index contributed by atoms with van der Waals surface area (Å²) in [7, 11) is 2.07. The Morgan fingerprint density at radius 2 is 2.44 bits per heavy atom. The Hall–Kier alpha value is -1.47. The van der Waals surface area contributed by atoms with E-state index in [4.69, 9.17) is 10.5 Å². The van der Waals surface area contributed by atoms with E-state index in [0.29, 0.717) is 5.88 Å². The highest BCUT2D eigenvalue weighted by atomic mass is 32.1. The molecule has 98 valence electrons. The summed E-state index contributed by atoms with van der Waals surface area (Å²) in [5.41, 5.74) is 6.98. The van der Waals surface area contributed by atoms with Crippen LogP contribution in [0, 0.1) is 0 Å². The van der Waals surface area contributed by atoms with Crippen LogP contribution in [-0.2, 0) is 4.79 Å². The SMILES string of the molecule is CN1CCC=C(c2nsnc2OCCC(N)=O)C1. The van der Waals surface area contributed by atoms with Gasteiger partial charge < -0.3 is 15.4 Å². The van der Waals surface area contributed by atoms with Crippen molar-refractivity contribution in [2.75, 3.05) is 26.7 Å². The molecule has 0 fully saturated rings. The molecule has 0 aromatic carbocycles. The average Bonchev–Trinajstić information content (AvgIpc) is 2.77. The van der Waals surface area contributed by atoms with Gasteiger partial charge in [0.15, 0.2) is 0 Å². The first kappa shape index (κ1) is 13.0. The highest BCUT2D eigenvalue weighted by molar-refractivity contribution is 6.99. The van der Waals surface area contributed by atoms with Gasteiger partial charge in [-0.2, -0.15) is 4.37 Å². The van der Waals surface area contributed by atoms with Crippen molar-refractivity contribution in [1.29, 1.82) is 0 Å². The molecule has 0 atom stereocenters.